The first-order valence-electron chi connectivity index (χ1n) is 16.7. The quantitative estimate of drug-likeness (QED) is 0.263. The Kier molecular flexibility index (Phi) is 8.00. The van der Waals surface area contributed by atoms with Crippen LogP contribution < -0.4 is 5.32 Å². The van der Waals surface area contributed by atoms with E-state index in [0.717, 1.165) is 44.9 Å². The van der Waals surface area contributed by atoms with Crippen molar-refractivity contribution in [2.75, 3.05) is 13.2 Å². The Morgan fingerprint density at radius 2 is 1.40 bits per heavy atom. The summed E-state index contributed by atoms with van der Waals surface area (Å²) in [5.74, 6) is 2.13. The monoisotopic (exact) mass is 583 g/mol. The lowest BCUT2D eigenvalue weighted by Crippen LogP contribution is -2.68. The van der Waals surface area contributed by atoms with Crippen LogP contribution in [0.5, 0.6) is 0 Å². The molecule has 5 saturated carbocycles. The van der Waals surface area contributed by atoms with E-state index in [0.29, 0.717) is 42.8 Å². The van der Waals surface area contributed by atoms with Crippen LogP contribution in [0.4, 0.5) is 0 Å². The Morgan fingerprint density at radius 1 is 0.738 bits per heavy atom. The van der Waals surface area contributed by atoms with Gasteiger partial charge in [-0.05, 0) is 117 Å². The Hall–Kier alpha value is -1.85. The molecule has 0 aromatic rings. The molecule has 1 unspecified atom stereocenters. The number of fused-ring (bicyclic) bond motifs is 7. The molecule has 6 nitrogen and oxygen atoms in total. The Morgan fingerprint density at radius 3 is 2.02 bits per heavy atom. The van der Waals surface area contributed by atoms with Crippen LogP contribution in [-0.4, -0.2) is 37.1 Å². The zero-order valence-electron chi connectivity index (χ0n) is 27.7. The molecule has 0 spiro atoms. The predicted molar refractivity (Wildman–Crippen MR) is 164 cm³/mol. The number of allylic oxidation sites excluding steroid dienone is 1. The van der Waals surface area contributed by atoms with E-state index in [-0.39, 0.29) is 51.0 Å². The molecule has 5 aliphatic rings. The molecule has 0 radical (unpaired) electrons. The van der Waals surface area contributed by atoms with Crippen LogP contribution in [0.3, 0.4) is 0 Å². The van der Waals surface area contributed by atoms with E-state index >= 15 is 0 Å². The lowest BCUT2D eigenvalue weighted by atomic mass is 9.32. The van der Waals surface area contributed by atoms with Gasteiger partial charge < -0.3 is 14.8 Å². The number of carbonyl (C=O) groups is 3. The van der Waals surface area contributed by atoms with E-state index in [4.69, 9.17) is 9.47 Å². The second kappa shape index (κ2) is 10.6. The zero-order valence-corrected chi connectivity index (χ0v) is 27.7. The smallest absolute Gasteiger partial charge is 0.302 e. The van der Waals surface area contributed by atoms with Gasteiger partial charge in [0.2, 0.25) is 5.91 Å². The van der Waals surface area contributed by atoms with Gasteiger partial charge in [-0.1, -0.05) is 39.8 Å². The van der Waals surface area contributed by atoms with Crippen LogP contribution in [0.15, 0.2) is 12.2 Å². The van der Waals surface area contributed by atoms with Gasteiger partial charge in [-0.15, -0.1) is 0 Å². The Bertz CT molecular complexity index is 1130. The number of nitrogens with one attached hydrogen (secondary N) is 1. The molecule has 42 heavy (non-hydrogen) atoms. The van der Waals surface area contributed by atoms with Crippen molar-refractivity contribution >= 4 is 17.8 Å². The molecular weight excluding hydrogens is 526 g/mol. The number of rotatable bonds is 6. The number of carbonyl (C=O) groups excluding carboxylic acids is 3. The van der Waals surface area contributed by atoms with Gasteiger partial charge in [-0.2, -0.15) is 0 Å². The van der Waals surface area contributed by atoms with E-state index in [1.165, 1.54) is 31.8 Å². The summed E-state index contributed by atoms with van der Waals surface area (Å²) in [6.45, 7) is 22.3. The maximum atomic E-state index is 12.3. The largest absolute Gasteiger partial charge is 0.465 e. The summed E-state index contributed by atoms with van der Waals surface area (Å²) >= 11 is 0. The molecule has 6 heteroatoms. The van der Waals surface area contributed by atoms with Crippen molar-refractivity contribution in [3.8, 4) is 0 Å². The van der Waals surface area contributed by atoms with Gasteiger partial charge in [0, 0.05) is 37.6 Å². The molecule has 0 aliphatic heterocycles. The second-order valence-corrected chi connectivity index (χ2v) is 16.4. The van der Waals surface area contributed by atoms with E-state index < -0.39 is 0 Å². The van der Waals surface area contributed by atoms with Crippen LogP contribution in [-0.2, 0) is 23.9 Å². The molecule has 0 bridgehead atoms. The molecule has 11 atom stereocenters. The van der Waals surface area contributed by atoms with Crippen molar-refractivity contribution in [2.24, 2.45) is 56.7 Å². The third-order valence-corrected chi connectivity index (χ3v) is 14.6. The first-order chi connectivity index (χ1) is 19.5. The van der Waals surface area contributed by atoms with Crippen LogP contribution in [0, 0.1) is 56.7 Å². The lowest BCUT2D eigenvalue weighted by Gasteiger charge is -2.73. The lowest BCUT2D eigenvalue weighted by molar-refractivity contribution is -0.247. The molecule has 5 rings (SSSR count). The maximum absolute atomic E-state index is 12.3. The molecule has 5 fully saturated rings. The number of esters is 2. The highest BCUT2D eigenvalue weighted by atomic mass is 16.5. The van der Waals surface area contributed by atoms with Gasteiger partial charge in [0.25, 0.3) is 0 Å². The van der Waals surface area contributed by atoms with Gasteiger partial charge >= 0.3 is 11.9 Å². The normalized spacial score (nSPS) is 47.6. The zero-order chi connectivity index (χ0) is 30.9. The third kappa shape index (κ3) is 4.59. The van der Waals surface area contributed by atoms with E-state index in [9.17, 15) is 14.4 Å². The van der Waals surface area contributed by atoms with E-state index in [1.807, 2.05) is 0 Å². The van der Waals surface area contributed by atoms with E-state index in [2.05, 4.69) is 46.5 Å². The van der Waals surface area contributed by atoms with Gasteiger partial charge in [0.05, 0.1) is 13.2 Å². The average molecular weight is 584 g/mol. The third-order valence-electron chi connectivity index (χ3n) is 14.6. The highest BCUT2D eigenvalue weighted by molar-refractivity contribution is 5.73. The summed E-state index contributed by atoms with van der Waals surface area (Å²) in [4.78, 5) is 36.3. The predicted octanol–water partition coefficient (Wildman–Crippen LogP) is 7.26. The molecular formula is C36H57NO5. The van der Waals surface area contributed by atoms with Gasteiger partial charge in [0.15, 0.2) is 0 Å². The van der Waals surface area contributed by atoms with Crippen molar-refractivity contribution in [3.05, 3.63) is 12.2 Å². The standard InChI is InChI=1S/C36H57NO5/c1-22(2)26-12-17-36(21-42-25(5)40)19-18-34(8)27(31(26)36)10-11-29-32(6)15-14-30(37-23(3)38)33(7,20-41-24(4)39)28(32)13-16-35(29,34)9/h26-31H,1,10-21H2,2-9H3,(H,37,38)/t26-,27+,28+,29+,30?,31+,32-,33+,34+,35+,36+/m0/s1. The van der Waals surface area contributed by atoms with Crippen molar-refractivity contribution in [3.63, 3.8) is 0 Å². The van der Waals surface area contributed by atoms with Crippen LogP contribution >= 0.6 is 0 Å². The summed E-state index contributed by atoms with van der Waals surface area (Å²) in [6, 6.07) is 0.00935. The summed E-state index contributed by atoms with van der Waals surface area (Å²) in [7, 11) is 0. The topological polar surface area (TPSA) is 81.7 Å². The van der Waals surface area contributed by atoms with Gasteiger partial charge in [0.1, 0.15) is 0 Å². The highest BCUT2D eigenvalue weighted by Crippen LogP contribution is 2.77. The van der Waals surface area contributed by atoms with Crippen LogP contribution in [0.1, 0.15) is 120 Å². The fraction of sp³-hybridized carbons (Fsp3) is 0.861. The minimum absolute atomic E-state index is 0.00519. The summed E-state index contributed by atoms with van der Waals surface area (Å²) in [6.07, 6.45) is 11.3. The van der Waals surface area contributed by atoms with Crippen molar-refractivity contribution in [2.45, 2.75) is 126 Å². The van der Waals surface area contributed by atoms with E-state index in [1.54, 1.807) is 13.8 Å². The summed E-state index contributed by atoms with van der Waals surface area (Å²) < 4.78 is 11.6. The highest BCUT2D eigenvalue weighted by Gasteiger charge is 2.71. The van der Waals surface area contributed by atoms with Crippen molar-refractivity contribution in [1.82, 2.24) is 5.32 Å². The molecule has 0 saturated heterocycles. The van der Waals surface area contributed by atoms with Gasteiger partial charge in [-0.25, -0.2) is 0 Å². The first kappa shape index (κ1) is 31.6. The average Bonchev–Trinajstić information content (AvgIpc) is 3.29. The molecule has 1 amide bonds. The minimum Gasteiger partial charge on any atom is -0.465 e. The number of amides is 1. The van der Waals surface area contributed by atoms with Crippen LogP contribution in [0.2, 0.25) is 0 Å². The Labute approximate surface area is 254 Å². The molecule has 0 aromatic heterocycles. The number of hydrogen-bond acceptors (Lipinski definition) is 5. The molecule has 0 heterocycles. The first-order valence-corrected chi connectivity index (χ1v) is 16.7. The van der Waals surface area contributed by atoms with Crippen LogP contribution in [0.25, 0.3) is 0 Å². The number of ether oxygens (including phenoxy) is 2. The molecule has 1 N–H and O–H groups in total. The summed E-state index contributed by atoms with van der Waals surface area (Å²) in [5.41, 5.74) is 1.58. The second-order valence-electron chi connectivity index (χ2n) is 16.4. The molecule has 0 aromatic carbocycles. The molecule has 236 valence electrons. The summed E-state index contributed by atoms with van der Waals surface area (Å²) in [5, 5.41) is 3.27. The Balaban J connectivity index is 1.50. The SMILES string of the molecule is C=C(C)[C@@H]1CC[C@]2(COC(C)=O)CC[C@]3(C)[C@H](CC[C@@H]4[C@@]5(C)CCC(NC(C)=O)[C@](C)(COC(C)=O)[C@@H]5CC[C@]43C)[C@@H]12. The van der Waals surface area contributed by atoms with Crippen molar-refractivity contribution in [1.29, 1.82) is 0 Å². The number of hydrogen-bond donors (Lipinski definition) is 1. The maximum Gasteiger partial charge on any atom is 0.302 e. The molecule has 5 aliphatic carbocycles. The fourth-order valence-electron chi connectivity index (χ4n) is 12.5. The fourth-order valence-corrected chi connectivity index (χ4v) is 12.5. The minimum atomic E-state index is -0.300. The van der Waals surface area contributed by atoms with Crippen molar-refractivity contribution < 1.29 is 23.9 Å². The van der Waals surface area contributed by atoms with Gasteiger partial charge in [-0.3, -0.25) is 14.4 Å².